The molecule has 92 valence electrons. The summed E-state index contributed by atoms with van der Waals surface area (Å²) in [6, 6.07) is 7.97. The van der Waals surface area contributed by atoms with Gasteiger partial charge in [0.15, 0.2) is 0 Å². The summed E-state index contributed by atoms with van der Waals surface area (Å²) in [6.45, 7) is 2.02. The fourth-order valence-corrected chi connectivity index (χ4v) is 2.82. The summed E-state index contributed by atoms with van der Waals surface area (Å²) in [4.78, 5) is 13.6. The molecule has 1 N–H and O–H groups in total. The van der Waals surface area contributed by atoms with Crippen molar-refractivity contribution in [3.63, 3.8) is 0 Å². The first-order chi connectivity index (χ1) is 8.08. The minimum atomic E-state index is -0.702. The monoisotopic (exact) mass is 233 g/mol. The van der Waals surface area contributed by atoms with Gasteiger partial charge in [-0.2, -0.15) is 0 Å². The van der Waals surface area contributed by atoms with E-state index in [9.17, 15) is 9.90 Å². The van der Waals surface area contributed by atoms with Crippen LogP contribution in [-0.4, -0.2) is 23.7 Å². The first-order valence-electron chi connectivity index (χ1n) is 6.11. The van der Waals surface area contributed by atoms with E-state index in [2.05, 4.69) is 0 Å². The van der Waals surface area contributed by atoms with Crippen LogP contribution in [-0.2, 0) is 4.79 Å². The van der Waals surface area contributed by atoms with Gasteiger partial charge in [-0.15, -0.1) is 0 Å². The molecule has 1 saturated carbocycles. The maximum absolute atomic E-state index is 11.6. The lowest BCUT2D eigenvalue weighted by molar-refractivity contribution is -0.143. The van der Waals surface area contributed by atoms with Crippen molar-refractivity contribution in [1.82, 2.24) is 0 Å². The summed E-state index contributed by atoms with van der Waals surface area (Å²) in [5.74, 6) is -0.694. The van der Waals surface area contributed by atoms with Gasteiger partial charge in [-0.3, -0.25) is 0 Å². The van der Waals surface area contributed by atoms with E-state index in [4.69, 9.17) is 0 Å². The molecule has 1 aliphatic carbocycles. The van der Waals surface area contributed by atoms with Gasteiger partial charge in [-0.05, 0) is 31.4 Å². The van der Waals surface area contributed by atoms with E-state index in [0.717, 1.165) is 36.9 Å². The molecule has 1 aliphatic rings. The van der Waals surface area contributed by atoms with Gasteiger partial charge in [0.05, 0.1) is 0 Å². The number of hydrogen-bond donors (Lipinski definition) is 1. The van der Waals surface area contributed by atoms with Crippen LogP contribution < -0.4 is 4.90 Å². The van der Waals surface area contributed by atoms with Crippen molar-refractivity contribution in [1.29, 1.82) is 0 Å². The Kier molecular flexibility index (Phi) is 3.09. The van der Waals surface area contributed by atoms with Crippen LogP contribution in [0, 0.1) is 6.92 Å². The van der Waals surface area contributed by atoms with E-state index in [0.29, 0.717) is 0 Å². The molecule has 3 heteroatoms. The van der Waals surface area contributed by atoms with Gasteiger partial charge in [0.25, 0.3) is 0 Å². The molecular formula is C14H19NO2. The highest BCUT2D eigenvalue weighted by Crippen LogP contribution is 2.38. The topological polar surface area (TPSA) is 40.5 Å². The van der Waals surface area contributed by atoms with Crippen LogP contribution >= 0.6 is 0 Å². The van der Waals surface area contributed by atoms with Crippen molar-refractivity contribution in [2.24, 2.45) is 0 Å². The van der Waals surface area contributed by atoms with E-state index in [-0.39, 0.29) is 0 Å². The number of likely N-dealkylation sites (N-methyl/N-ethyl adjacent to an activating group) is 1. The molecule has 17 heavy (non-hydrogen) atoms. The lowest BCUT2D eigenvalue weighted by Crippen LogP contribution is -2.51. The fraction of sp³-hybridized carbons (Fsp3) is 0.500. The maximum atomic E-state index is 11.6. The Morgan fingerprint density at radius 2 is 1.88 bits per heavy atom. The number of carboxylic acids is 1. The molecule has 0 aliphatic heterocycles. The van der Waals surface area contributed by atoms with E-state index < -0.39 is 11.5 Å². The summed E-state index contributed by atoms with van der Waals surface area (Å²) in [5.41, 5.74) is 1.45. The van der Waals surface area contributed by atoms with Gasteiger partial charge < -0.3 is 10.0 Å². The smallest absolute Gasteiger partial charge is 0.329 e. The summed E-state index contributed by atoms with van der Waals surface area (Å²) >= 11 is 0. The van der Waals surface area contributed by atoms with Crippen LogP contribution in [0.3, 0.4) is 0 Å². The van der Waals surface area contributed by atoms with Gasteiger partial charge in [0, 0.05) is 12.7 Å². The summed E-state index contributed by atoms with van der Waals surface area (Å²) in [7, 11) is 1.90. The number of nitrogens with zero attached hydrogens (tertiary/aromatic N) is 1. The number of carboxylic acid groups (broad SMARTS) is 1. The molecule has 0 heterocycles. The van der Waals surface area contributed by atoms with Crippen LogP contribution in [0.5, 0.6) is 0 Å². The van der Waals surface area contributed by atoms with Crippen LogP contribution in [0.2, 0.25) is 0 Å². The minimum absolute atomic E-state index is 0.694. The normalized spacial score (nSPS) is 18.0. The lowest BCUT2D eigenvalue weighted by Gasteiger charge is -2.37. The zero-order valence-electron chi connectivity index (χ0n) is 10.4. The summed E-state index contributed by atoms with van der Waals surface area (Å²) in [5, 5.41) is 9.54. The highest BCUT2D eigenvalue weighted by atomic mass is 16.4. The zero-order chi connectivity index (χ0) is 12.5. The number of rotatable bonds is 3. The highest BCUT2D eigenvalue weighted by Gasteiger charge is 2.45. The minimum Gasteiger partial charge on any atom is -0.479 e. The van der Waals surface area contributed by atoms with Crippen LogP contribution in [0.1, 0.15) is 31.2 Å². The van der Waals surface area contributed by atoms with Crippen LogP contribution in [0.15, 0.2) is 24.3 Å². The van der Waals surface area contributed by atoms with Gasteiger partial charge in [-0.1, -0.05) is 31.0 Å². The lowest BCUT2D eigenvalue weighted by atomic mass is 9.94. The quantitative estimate of drug-likeness (QED) is 0.872. The van der Waals surface area contributed by atoms with Gasteiger partial charge >= 0.3 is 5.97 Å². The molecule has 0 bridgehead atoms. The van der Waals surface area contributed by atoms with Crippen molar-refractivity contribution in [2.45, 2.75) is 38.1 Å². The van der Waals surface area contributed by atoms with E-state index in [1.807, 2.05) is 43.1 Å². The Hall–Kier alpha value is -1.51. The van der Waals surface area contributed by atoms with Crippen molar-refractivity contribution in [2.75, 3.05) is 11.9 Å². The standard InChI is InChI=1S/C14H19NO2/c1-11-7-3-4-8-12(11)15(2)14(13(16)17)9-5-6-10-14/h3-4,7-8H,5-6,9-10H2,1-2H3,(H,16,17). The highest BCUT2D eigenvalue weighted by molar-refractivity contribution is 5.84. The summed E-state index contributed by atoms with van der Waals surface area (Å²) in [6.07, 6.45) is 3.49. The number of aliphatic carboxylic acids is 1. The van der Waals surface area contributed by atoms with Crippen molar-refractivity contribution in [3.05, 3.63) is 29.8 Å². The molecule has 1 fully saturated rings. The maximum Gasteiger partial charge on any atom is 0.329 e. The van der Waals surface area contributed by atoms with Gasteiger partial charge in [-0.25, -0.2) is 4.79 Å². The van der Waals surface area contributed by atoms with Crippen LogP contribution in [0.4, 0.5) is 5.69 Å². The molecule has 0 aromatic heterocycles. The molecule has 3 nitrogen and oxygen atoms in total. The average molecular weight is 233 g/mol. The number of aryl methyl sites for hydroxylation is 1. The molecule has 0 unspecified atom stereocenters. The molecular weight excluding hydrogens is 214 g/mol. The van der Waals surface area contributed by atoms with Crippen molar-refractivity contribution < 1.29 is 9.90 Å². The third kappa shape index (κ3) is 1.90. The number of para-hydroxylation sites is 1. The first kappa shape index (κ1) is 12.0. The predicted octanol–water partition coefficient (Wildman–Crippen LogP) is 2.83. The second-order valence-corrected chi connectivity index (χ2v) is 4.89. The SMILES string of the molecule is Cc1ccccc1N(C)C1(C(=O)O)CCCC1. The number of anilines is 1. The summed E-state index contributed by atoms with van der Waals surface area (Å²) < 4.78 is 0. The van der Waals surface area contributed by atoms with Gasteiger partial charge in [0.2, 0.25) is 0 Å². The average Bonchev–Trinajstić information content (AvgIpc) is 2.79. The Morgan fingerprint density at radius 3 is 2.41 bits per heavy atom. The molecule has 0 atom stereocenters. The molecule has 0 spiro atoms. The van der Waals surface area contributed by atoms with Crippen molar-refractivity contribution in [3.8, 4) is 0 Å². The van der Waals surface area contributed by atoms with Crippen molar-refractivity contribution >= 4 is 11.7 Å². The van der Waals surface area contributed by atoms with E-state index >= 15 is 0 Å². The van der Waals surface area contributed by atoms with Gasteiger partial charge in [0.1, 0.15) is 5.54 Å². The third-order valence-electron chi connectivity index (χ3n) is 3.95. The second-order valence-electron chi connectivity index (χ2n) is 4.89. The Balaban J connectivity index is 2.38. The number of hydrogen-bond acceptors (Lipinski definition) is 2. The zero-order valence-corrected chi connectivity index (χ0v) is 10.4. The molecule has 1 aromatic carbocycles. The first-order valence-corrected chi connectivity index (χ1v) is 6.11. The van der Waals surface area contributed by atoms with E-state index in [1.54, 1.807) is 0 Å². The number of benzene rings is 1. The van der Waals surface area contributed by atoms with Crippen LogP contribution in [0.25, 0.3) is 0 Å². The Bertz CT molecular complexity index is 422. The largest absolute Gasteiger partial charge is 0.479 e. The van der Waals surface area contributed by atoms with E-state index in [1.165, 1.54) is 0 Å². The fourth-order valence-electron chi connectivity index (χ4n) is 2.82. The molecule has 0 amide bonds. The number of carbonyl (C=O) groups is 1. The third-order valence-corrected chi connectivity index (χ3v) is 3.95. The Morgan fingerprint density at radius 1 is 1.29 bits per heavy atom. The molecule has 0 saturated heterocycles. The molecule has 2 rings (SSSR count). The molecule has 1 aromatic rings. The Labute approximate surface area is 102 Å². The predicted molar refractivity (Wildman–Crippen MR) is 68.4 cm³/mol. The molecule has 0 radical (unpaired) electrons. The second kappa shape index (κ2) is 4.40.